The number of unbranched alkanes of at least 4 members (excludes halogenated alkanes) is 1. The molecule has 0 aliphatic carbocycles. The molecule has 18 heavy (non-hydrogen) atoms. The van der Waals surface area contributed by atoms with Crippen molar-refractivity contribution in [2.75, 3.05) is 7.11 Å². The molecule has 0 bridgehead atoms. The van der Waals surface area contributed by atoms with Crippen molar-refractivity contribution in [1.29, 1.82) is 0 Å². The second-order valence-corrected chi connectivity index (χ2v) is 5.30. The Morgan fingerprint density at radius 1 is 1.39 bits per heavy atom. The highest BCUT2D eigenvalue weighted by Gasteiger charge is 2.15. The number of halogens is 1. The summed E-state index contributed by atoms with van der Waals surface area (Å²) in [6.45, 7) is 1.97. The fraction of sp³-hybridized carbons (Fsp3) is 0.333. The summed E-state index contributed by atoms with van der Waals surface area (Å²) in [4.78, 5) is -0.0108. The summed E-state index contributed by atoms with van der Waals surface area (Å²) in [5.74, 6) is -0.316. The summed E-state index contributed by atoms with van der Waals surface area (Å²) in [6.07, 6.45) is 3.24. The maximum atomic E-state index is 12.7. The van der Waals surface area contributed by atoms with Gasteiger partial charge in [0.25, 0.3) is 10.0 Å². The van der Waals surface area contributed by atoms with Crippen molar-refractivity contribution in [1.82, 2.24) is 4.72 Å². The smallest absolute Gasteiger partial charge is 0.264 e. The van der Waals surface area contributed by atoms with Gasteiger partial charge in [-0.1, -0.05) is 13.3 Å². The molecule has 0 amide bonds. The summed E-state index contributed by atoms with van der Waals surface area (Å²) in [5.41, 5.74) is 0. The molecule has 1 aromatic rings. The van der Waals surface area contributed by atoms with Gasteiger partial charge in [-0.3, -0.25) is 0 Å². The Bertz CT molecular complexity index is 509. The van der Waals surface area contributed by atoms with Gasteiger partial charge in [-0.05, 0) is 36.8 Å². The lowest BCUT2D eigenvalue weighted by atomic mass is 10.3. The van der Waals surface area contributed by atoms with E-state index in [9.17, 15) is 12.8 Å². The third-order valence-corrected chi connectivity index (χ3v) is 3.56. The van der Waals surface area contributed by atoms with Gasteiger partial charge in [0.05, 0.1) is 12.0 Å². The van der Waals surface area contributed by atoms with Crippen LogP contribution in [0.15, 0.2) is 41.1 Å². The van der Waals surface area contributed by atoms with E-state index in [2.05, 4.69) is 4.72 Å². The molecule has 0 fully saturated rings. The number of benzene rings is 1. The first kappa shape index (κ1) is 14.5. The van der Waals surface area contributed by atoms with E-state index >= 15 is 0 Å². The highest BCUT2D eigenvalue weighted by atomic mass is 32.2. The standard InChI is InChI=1S/C12H16FNO3S/c1-3-4-5-12(17-2)14-18(15,16)11-8-6-10(13)7-9-11/h5-9,14H,3-4H2,1-2H3/b12-5-. The van der Waals surface area contributed by atoms with Gasteiger partial charge >= 0.3 is 0 Å². The third-order valence-electron chi connectivity index (χ3n) is 2.20. The molecule has 4 nitrogen and oxygen atoms in total. The first-order valence-electron chi connectivity index (χ1n) is 5.52. The number of ether oxygens (including phenoxy) is 1. The molecule has 0 saturated carbocycles. The van der Waals surface area contributed by atoms with E-state index in [-0.39, 0.29) is 10.8 Å². The Morgan fingerprint density at radius 2 is 2.00 bits per heavy atom. The number of sulfonamides is 1. The number of methoxy groups -OCH3 is 1. The Balaban J connectivity index is 2.90. The molecular formula is C12H16FNO3S. The minimum Gasteiger partial charge on any atom is -0.482 e. The Kier molecular flexibility index (Phi) is 5.15. The third kappa shape index (κ3) is 4.03. The average Bonchev–Trinajstić information content (AvgIpc) is 2.35. The highest BCUT2D eigenvalue weighted by Crippen LogP contribution is 2.11. The van der Waals surface area contributed by atoms with Crippen LogP contribution >= 0.6 is 0 Å². The largest absolute Gasteiger partial charge is 0.482 e. The lowest BCUT2D eigenvalue weighted by Crippen LogP contribution is -2.24. The van der Waals surface area contributed by atoms with E-state index in [4.69, 9.17) is 4.74 Å². The SMILES string of the molecule is CCC/C=C(/NS(=O)(=O)c1ccc(F)cc1)OC. The number of rotatable bonds is 6. The molecule has 0 aliphatic rings. The van der Waals surface area contributed by atoms with E-state index in [1.807, 2.05) is 6.92 Å². The maximum Gasteiger partial charge on any atom is 0.264 e. The Hall–Kier alpha value is -1.56. The normalized spacial score (nSPS) is 12.3. The molecule has 1 N–H and O–H groups in total. The van der Waals surface area contributed by atoms with Crippen LogP contribution in [0.2, 0.25) is 0 Å². The monoisotopic (exact) mass is 273 g/mol. The second kappa shape index (κ2) is 6.39. The molecule has 0 unspecified atom stereocenters. The molecule has 0 atom stereocenters. The van der Waals surface area contributed by atoms with Gasteiger partial charge < -0.3 is 4.74 Å². The maximum absolute atomic E-state index is 12.7. The molecule has 6 heteroatoms. The van der Waals surface area contributed by atoms with E-state index in [1.54, 1.807) is 6.08 Å². The molecule has 0 spiro atoms. The molecule has 0 saturated heterocycles. The van der Waals surface area contributed by atoms with Crippen LogP contribution in [-0.2, 0) is 14.8 Å². The van der Waals surface area contributed by atoms with Crippen molar-refractivity contribution in [3.8, 4) is 0 Å². The van der Waals surface area contributed by atoms with Gasteiger partial charge in [-0.2, -0.15) is 0 Å². The first-order valence-corrected chi connectivity index (χ1v) is 7.00. The number of hydrogen-bond acceptors (Lipinski definition) is 3. The van der Waals surface area contributed by atoms with Gasteiger partial charge in [0, 0.05) is 0 Å². The lowest BCUT2D eigenvalue weighted by Gasteiger charge is -2.10. The van der Waals surface area contributed by atoms with Crippen molar-refractivity contribution in [3.63, 3.8) is 0 Å². The summed E-state index contributed by atoms with van der Waals surface area (Å²) in [6, 6.07) is 4.59. The van der Waals surface area contributed by atoms with E-state index < -0.39 is 15.8 Å². The predicted molar refractivity (Wildman–Crippen MR) is 66.7 cm³/mol. The van der Waals surface area contributed by atoms with Gasteiger partial charge in [0.15, 0.2) is 5.88 Å². The Labute approximate surface area is 107 Å². The predicted octanol–water partition coefficient (Wildman–Crippen LogP) is 2.39. The van der Waals surface area contributed by atoms with Crippen molar-refractivity contribution >= 4 is 10.0 Å². The second-order valence-electron chi connectivity index (χ2n) is 3.62. The van der Waals surface area contributed by atoms with E-state index in [1.165, 1.54) is 19.2 Å². The topological polar surface area (TPSA) is 55.4 Å². The average molecular weight is 273 g/mol. The van der Waals surface area contributed by atoms with Gasteiger partial charge in [-0.15, -0.1) is 0 Å². The zero-order valence-corrected chi connectivity index (χ0v) is 11.1. The van der Waals surface area contributed by atoms with E-state index in [0.717, 1.165) is 18.6 Å². The molecule has 100 valence electrons. The fourth-order valence-electron chi connectivity index (χ4n) is 1.25. The van der Waals surface area contributed by atoms with Crippen LogP contribution in [0.3, 0.4) is 0 Å². The highest BCUT2D eigenvalue weighted by molar-refractivity contribution is 7.89. The van der Waals surface area contributed by atoms with Crippen molar-refractivity contribution < 1.29 is 17.5 Å². The summed E-state index contributed by atoms with van der Waals surface area (Å²) >= 11 is 0. The van der Waals surface area contributed by atoms with Crippen LogP contribution in [0, 0.1) is 5.82 Å². The number of hydrogen-bond donors (Lipinski definition) is 1. The van der Waals surface area contributed by atoms with Gasteiger partial charge in [-0.25, -0.2) is 17.5 Å². The first-order chi connectivity index (χ1) is 8.49. The number of nitrogens with one attached hydrogen (secondary N) is 1. The van der Waals surface area contributed by atoms with Crippen molar-refractivity contribution in [3.05, 3.63) is 42.0 Å². The van der Waals surface area contributed by atoms with Crippen LogP contribution in [-0.4, -0.2) is 15.5 Å². The number of allylic oxidation sites excluding steroid dienone is 1. The Morgan fingerprint density at radius 3 is 2.50 bits per heavy atom. The van der Waals surface area contributed by atoms with Crippen LogP contribution in [0.5, 0.6) is 0 Å². The molecule has 0 heterocycles. The molecule has 1 rings (SSSR count). The zero-order valence-electron chi connectivity index (χ0n) is 10.3. The summed E-state index contributed by atoms with van der Waals surface area (Å²) in [7, 11) is -2.35. The molecule has 0 aromatic heterocycles. The van der Waals surface area contributed by atoms with Crippen LogP contribution in [0.1, 0.15) is 19.8 Å². The summed E-state index contributed by atoms with van der Waals surface area (Å²) in [5, 5.41) is 0. The quantitative estimate of drug-likeness (QED) is 0.810. The molecule has 1 aromatic carbocycles. The van der Waals surface area contributed by atoms with E-state index in [0.29, 0.717) is 6.42 Å². The van der Waals surface area contributed by atoms with Gasteiger partial charge in [0.1, 0.15) is 5.82 Å². The molecule has 0 radical (unpaired) electrons. The van der Waals surface area contributed by atoms with Crippen LogP contribution in [0.4, 0.5) is 4.39 Å². The van der Waals surface area contributed by atoms with Crippen molar-refractivity contribution in [2.24, 2.45) is 0 Å². The van der Waals surface area contributed by atoms with Crippen molar-refractivity contribution in [2.45, 2.75) is 24.7 Å². The lowest BCUT2D eigenvalue weighted by molar-refractivity contribution is 0.275. The minimum atomic E-state index is -3.73. The zero-order chi connectivity index (χ0) is 13.6. The summed E-state index contributed by atoms with van der Waals surface area (Å²) < 4.78 is 43.8. The van der Waals surface area contributed by atoms with Crippen LogP contribution in [0.25, 0.3) is 0 Å². The van der Waals surface area contributed by atoms with Crippen LogP contribution < -0.4 is 4.72 Å². The molecule has 0 aliphatic heterocycles. The minimum absolute atomic E-state index is 0.0108. The molecular weight excluding hydrogens is 257 g/mol. The van der Waals surface area contributed by atoms with Gasteiger partial charge in [0.2, 0.25) is 0 Å². The fourth-order valence-corrected chi connectivity index (χ4v) is 2.29.